The van der Waals surface area contributed by atoms with Gasteiger partial charge in [-0.2, -0.15) is 12.7 Å². The number of nitrogens with zero attached hydrogens (tertiary/aromatic N) is 1. The Kier molecular flexibility index (Phi) is 10.4. The molecule has 0 heterocycles. The van der Waals surface area contributed by atoms with Gasteiger partial charge in [0.25, 0.3) is 10.2 Å². The first-order chi connectivity index (χ1) is 8.90. The van der Waals surface area contributed by atoms with Gasteiger partial charge in [0, 0.05) is 39.4 Å². The SMILES string of the molecule is CCOCCCNS(=O)(=O)N(C)CCCNC(C)C. The minimum absolute atomic E-state index is 0.414. The monoisotopic (exact) mass is 295 g/mol. The Labute approximate surface area is 118 Å². The van der Waals surface area contributed by atoms with Crippen molar-refractivity contribution in [3.63, 3.8) is 0 Å². The van der Waals surface area contributed by atoms with Crippen molar-refractivity contribution >= 4 is 10.2 Å². The van der Waals surface area contributed by atoms with E-state index in [0.29, 0.717) is 38.8 Å². The third-order valence-electron chi connectivity index (χ3n) is 2.57. The molecule has 19 heavy (non-hydrogen) atoms. The van der Waals surface area contributed by atoms with Crippen LogP contribution in [0.5, 0.6) is 0 Å². The quantitative estimate of drug-likeness (QED) is 0.516. The lowest BCUT2D eigenvalue weighted by Gasteiger charge is -2.18. The van der Waals surface area contributed by atoms with Gasteiger partial charge >= 0.3 is 0 Å². The van der Waals surface area contributed by atoms with Gasteiger partial charge in [-0.05, 0) is 26.3 Å². The molecular weight excluding hydrogens is 266 g/mol. The molecule has 0 aromatic rings. The average molecular weight is 295 g/mol. The van der Waals surface area contributed by atoms with Crippen LogP contribution in [-0.4, -0.2) is 58.7 Å². The molecule has 0 atom stereocenters. The highest BCUT2D eigenvalue weighted by atomic mass is 32.2. The lowest BCUT2D eigenvalue weighted by atomic mass is 10.3. The van der Waals surface area contributed by atoms with Gasteiger partial charge in [-0.1, -0.05) is 13.8 Å². The van der Waals surface area contributed by atoms with E-state index in [9.17, 15) is 8.42 Å². The smallest absolute Gasteiger partial charge is 0.279 e. The highest BCUT2D eigenvalue weighted by molar-refractivity contribution is 7.87. The molecule has 6 nitrogen and oxygen atoms in total. The molecule has 0 fully saturated rings. The van der Waals surface area contributed by atoms with Gasteiger partial charge in [-0.3, -0.25) is 0 Å². The van der Waals surface area contributed by atoms with Crippen molar-refractivity contribution in [3.05, 3.63) is 0 Å². The summed E-state index contributed by atoms with van der Waals surface area (Å²) in [4.78, 5) is 0. The molecule has 0 aliphatic rings. The molecule has 7 heteroatoms. The summed E-state index contributed by atoms with van der Waals surface area (Å²) in [6.45, 7) is 9.06. The van der Waals surface area contributed by atoms with Gasteiger partial charge in [-0.15, -0.1) is 0 Å². The van der Waals surface area contributed by atoms with Crippen molar-refractivity contribution in [2.75, 3.05) is 39.9 Å². The first-order valence-corrected chi connectivity index (χ1v) is 8.36. The lowest BCUT2D eigenvalue weighted by molar-refractivity contribution is 0.146. The van der Waals surface area contributed by atoms with E-state index in [1.54, 1.807) is 7.05 Å². The van der Waals surface area contributed by atoms with Gasteiger partial charge in [0.1, 0.15) is 0 Å². The minimum Gasteiger partial charge on any atom is -0.382 e. The molecule has 0 unspecified atom stereocenters. The fraction of sp³-hybridized carbons (Fsp3) is 1.00. The first kappa shape index (κ1) is 18.8. The second kappa shape index (κ2) is 10.6. The fourth-order valence-electron chi connectivity index (χ4n) is 1.44. The molecule has 0 amide bonds. The predicted molar refractivity (Wildman–Crippen MR) is 78.4 cm³/mol. The van der Waals surface area contributed by atoms with E-state index in [4.69, 9.17) is 4.74 Å². The summed E-state index contributed by atoms with van der Waals surface area (Å²) in [5.74, 6) is 0. The molecule has 0 saturated heterocycles. The van der Waals surface area contributed by atoms with Crippen molar-refractivity contribution in [2.45, 2.75) is 39.7 Å². The molecule has 0 rings (SSSR count). The van der Waals surface area contributed by atoms with Crippen LogP contribution in [-0.2, 0) is 14.9 Å². The Morgan fingerprint density at radius 1 is 1.21 bits per heavy atom. The summed E-state index contributed by atoms with van der Waals surface area (Å²) < 4.78 is 32.8. The molecule has 2 N–H and O–H groups in total. The van der Waals surface area contributed by atoms with Crippen LogP contribution in [0.15, 0.2) is 0 Å². The molecular formula is C12H29N3O3S. The molecule has 0 aromatic heterocycles. The molecule has 0 spiro atoms. The number of ether oxygens (including phenoxy) is 1. The van der Waals surface area contributed by atoms with Gasteiger partial charge in [-0.25, -0.2) is 4.72 Å². The summed E-state index contributed by atoms with van der Waals surface area (Å²) in [6, 6.07) is 0.429. The summed E-state index contributed by atoms with van der Waals surface area (Å²) in [6.07, 6.45) is 1.49. The molecule has 0 saturated carbocycles. The largest absolute Gasteiger partial charge is 0.382 e. The van der Waals surface area contributed by atoms with Crippen LogP contribution in [0, 0.1) is 0 Å². The van der Waals surface area contributed by atoms with Crippen LogP contribution in [0.2, 0.25) is 0 Å². The minimum atomic E-state index is -3.35. The van der Waals surface area contributed by atoms with Crippen LogP contribution in [0.25, 0.3) is 0 Å². The Bertz CT molecular complexity index is 307. The summed E-state index contributed by atoms with van der Waals surface area (Å²) in [5.41, 5.74) is 0. The molecule has 0 aromatic carbocycles. The maximum Gasteiger partial charge on any atom is 0.279 e. The van der Waals surface area contributed by atoms with Crippen LogP contribution in [0.4, 0.5) is 0 Å². The van der Waals surface area contributed by atoms with E-state index in [0.717, 1.165) is 13.0 Å². The van der Waals surface area contributed by atoms with Crippen molar-refractivity contribution in [1.29, 1.82) is 0 Å². The zero-order valence-electron chi connectivity index (χ0n) is 12.6. The predicted octanol–water partition coefficient (Wildman–Crippen LogP) is 0.567. The normalized spacial score (nSPS) is 12.5. The van der Waals surface area contributed by atoms with Crippen molar-refractivity contribution in [1.82, 2.24) is 14.3 Å². The van der Waals surface area contributed by atoms with E-state index in [-0.39, 0.29) is 0 Å². The van der Waals surface area contributed by atoms with Crippen LogP contribution in [0.1, 0.15) is 33.6 Å². The second-order valence-corrected chi connectivity index (χ2v) is 6.60. The topological polar surface area (TPSA) is 70.7 Å². The van der Waals surface area contributed by atoms with Crippen LogP contribution >= 0.6 is 0 Å². The Hall–Kier alpha value is -0.210. The van der Waals surface area contributed by atoms with Gasteiger partial charge in [0.2, 0.25) is 0 Å². The van der Waals surface area contributed by atoms with E-state index in [1.807, 2.05) is 6.92 Å². The van der Waals surface area contributed by atoms with E-state index < -0.39 is 10.2 Å². The second-order valence-electron chi connectivity index (χ2n) is 4.73. The summed E-state index contributed by atoms with van der Waals surface area (Å²) >= 11 is 0. The van der Waals surface area contributed by atoms with Crippen molar-refractivity contribution in [3.8, 4) is 0 Å². The van der Waals surface area contributed by atoms with Crippen LogP contribution in [0.3, 0.4) is 0 Å². The highest BCUT2D eigenvalue weighted by Gasteiger charge is 2.15. The molecule has 116 valence electrons. The zero-order valence-corrected chi connectivity index (χ0v) is 13.4. The number of rotatable bonds is 12. The van der Waals surface area contributed by atoms with Gasteiger partial charge in [0.15, 0.2) is 0 Å². The Morgan fingerprint density at radius 2 is 1.89 bits per heavy atom. The third kappa shape index (κ3) is 10.3. The molecule has 0 aliphatic heterocycles. The third-order valence-corrected chi connectivity index (χ3v) is 4.14. The highest BCUT2D eigenvalue weighted by Crippen LogP contribution is 1.96. The maximum atomic E-state index is 11.8. The number of hydrogen-bond acceptors (Lipinski definition) is 4. The summed E-state index contributed by atoms with van der Waals surface area (Å²) in [7, 11) is -1.75. The maximum absolute atomic E-state index is 11.8. The van der Waals surface area contributed by atoms with Gasteiger partial charge in [0.05, 0.1) is 0 Å². The Balaban J connectivity index is 3.78. The zero-order chi connectivity index (χ0) is 14.7. The van der Waals surface area contributed by atoms with Gasteiger partial charge < -0.3 is 10.1 Å². The average Bonchev–Trinajstić information content (AvgIpc) is 2.33. The summed E-state index contributed by atoms with van der Waals surface area (Å²) in [5, 5.41) is 3.26. The first-order valence-electron chi connectivity index (χ1n) is 6.92. The standard InChI is InChI=1S/C12H29N3O3S/c1-5-18-11-7-9-14-19(16,17)15(4)10-6-8-13-12(2)3/h12-14H,5-11H2,1-4H3. The lowest BCUT2D eigenvalue weighted by Crippen LogP contribution is -2.40. The molecule has 0 aliphatic carbocycles. The Morgan fingerprint density at radius 3 is 2.47 bits per heavy atom. The van der Waals surface area contributed by atoms with E-state index in [2.05, 4.69) is 23.9 Å². The molecule has 0 radical (unpaired) electrons. The molecule has 0 bridgehead atoms. The number of nitrogens with one attached hydrogen (secondary N) is 2. The van der Waals surface area contributed by atoms with Crippen molar-refractivity contribution in [2.24, 2.45) is 0 Å². The van der Waals surface area contributed by atoms with E-state index in [1.165, 1.54) is 4.31 Å². The number of hydrogen-bond donors (Lipinski definition) is 2. The fourth-order valence-corrected chi connectivity index (χ4v) is 2.43. The van der Waals surface area contributed by atoms with Crippen LogP contribution < -0.4 is 10.0 Å². The van der Waals surface area contributed by atoms with E-state index >= 15 is 0 Å². The van der Waals surface area contributed by atoms with Crippen molar-refractivity contribution < 1.29 is 13.2 Å².